The van der Waals surface area contributed by atoms with Crippen LogP contribution in [0.5, 0.6) is 0 Å². The predicted octanol–water partition coefficient (Wildman–Crippen LogP) is 3.35. The smallest absolute Gasteiger partial charge is 0.409 e. The molecule has 1 aliphatic rings. The van der Waals surface area contributed by atoms with Gasteiger partial charge in [-0.05, 0) is 43.3 Å². The quantitative estimate of drug-likeness (QED) is 0.677. The van der Waals surface area contributed by atoms with Crippen LogP contribution in [0, 0.1) is 0 Å². The molecule has 1 N–H and O–H groups in total. The van der Waals surface area contributed by atoms with Gasteiger partial charge >= 0.3 is 6.09 Å². The Morgan fingerprint density at radius 3 is 2.60 bits per heavy atom. The molecule has 1 aromatic carbocycles. The first-order chi connectivity index (χ1) is 14.7. The Balaban J connectivity index is 1.48. The van der Waals surface area contributed by atoms with E-state index in [9.17, 15) is 9.59 Å². The van der Waals surface area contributed by atoms with Crippen molar-refractivity contribution in [1.82, 2.24) is 25.0 Å². The minimum absolute atomic E-state index is 0.0305. The first-order valence-electron chi connectivity index (χ1n) is 9.94. The molecule has 3 aromatic rings. The van der Waals surface area contributed by atoms with Crippen LogP contribution in [0.1, 0.15) is 30.4 Å². The molecular formula is C21H23N5O3S. The van der Waals surface area contributed by atoms with Gasteiger partial charge in [0.2, 0.25) is 5.82 Å². The molecule has 0 radical (unpaired) electrons. The van der Waals surface area contributed by atoms with Crippen molar-refractivity contribution in [3.05, 3.63) is 53.7 Å². The summed E-state index contributed by atoms with van der Waals surface area (Å²) in [5, 5.41) is 9.46. The summed E-state index contributed by atoms with van der Waals surface area (Å²) in [6, 6.07) is 13.5. The zero-order valence-electron chi connectivity index (χ0n) is 16.7. The molecule has 0 unspecified atom stereocenters. The summed E-state index contributed by atoms with van der Waals surface area (Å²) in [5.41, 5.74) is 0.843. The van der Waals surface area contributed by atoms with Crippen molar-refractivity contribution in [1.29, 1.82) is 0 Å². The Hall–Kier alpha value is -3.20. The highest BCUT2D eigenvalue weighted by Crippen LogP contribution is 2.25. The molecule has 0 aliphatic carbocycles. The van der Waals surface area contributed by atoms with Crippen LogP contribution in [0.4, 0.5) is 4.79 Å². The van der Waals surface area contributed by atoms with E-state index in [4.69, 9.17) is 4.74 Å². The number of likely N-dealkylation sites (tertiary alicyclic amines) is 1. The van der Waals surface area contributed by atoms with Crippen LogP contribution in [-0.4, -0.2) is 57.4 Å². The maximum absolute atomic E-state index is 12.8. The third-order valence-electron chi connectivity index (χ3n) is 4.91. The highest BCUT2D eigenvalue weighted by Gasteiger charge is 2.26. The van der Waals surface area contributed by atoms with Gasteiger partial charge in [-0.3, -0.25) is 4.79 Å². The van der Waals surface area contributed by atoms with Crippen molar-refractivity contribution in [2.24, 2.45) is 0 Å². The van der Waals surface area contributed by atoms with Crippen LogP contribution in [0.15, 0.2) is 47.8 Å². The van der Waals surface area contributed by atoms with Gasteiger partial charge in [-0.25, -0.2) is 14.5 Å². The van der Waals surface area contributed by atoms with Gasteiger partial charge in [0.05, 0.1) is 17.2 Å². The molecule has 0 spiro atoms. The molecule has 2 amide bonds. The number of aromatic nitrogens is 3. The van der Waals surface area contributed by atoms with Crippen molar-refractivity contribution < 1.29 is 14.3 Å². The van der Waals surface area contributed by atoms with Crippen LogP contribution in [0.25, 0.3) is 16.4 Å². The number of carbonyl (C=O) groups is 2. The highest BCUT2D eigenvalue weighted by atomic mass is 32.1. The maximum atomic E-state index is 12.8. The van der Waals surface area contributed by atoms with E-state index in [0.717, 1.165) is 10.6 Å². The molecule has 1 aliphatic heterocycles. The number of benzene rings is 1. The van der Waals surface area contributed by atoms with Gasteiger partial charge in [-0.1, -0.05) is 24.3 Å². The molecule has 0 saturated carbocycles. The second-order valence-electron chi connectivity index (χ2n) is 6.92. The van der Waals surface area contributed by atoms with Crippen molar-refractivity contribution in [2.75, 3.05) is 19.7 Å². The standard InChI is InChI=1S/C21H23N5O3S/c1-2-29-21(28)25-12-10-15(11-13-25)22-20(27)18-23-19(17-9-6-14-30-17)26(24-18)16-7-4-3-5-8-16/h3-9,14-15H,2,10-13H2,1H3,(H,22,27). The fourth-order valence-electron chi connectivity index (χ4n) is 3.39. The van der Waals surface area contributed by atoms with Crippen molar-refractivity contribution in [3.63, 3.8) is 0 Å². The number of piperidine rings is 1. The second kappa shape index (κ2) is 9.08. The second-order valence-corrected chi connectivity index (χ2v) is 7.87. The van der Waals surface area contributed by atoms with E-state index in [1.807, 2.05) is 47.8 Å². The molecule has 8 nitrogen and oxygen atoms in total. The average molecular weight is 426 g/mol. The van der Waals surface area contributed by atoms with Crippen molar-refractivity contribution in [2.45, 2.75) is 25.8 Å². The Bertz CT molecular complexity index is 995. The number of nitrogens with one attached hydrogen (secondary N) is 1. The molecule has 30 heavy (non-hydrogen) atoms. The van der Waals surface area contributed by atoms with Gasteiger partial charge in [-0.15, -0.1) is 16.4 Å². The molecule has 9 heteroatoms. The minimum atomic E-state index is -0.308. The molecule has 4 rings (SSSR count). The van der Waals surface area contributed by atoms with Gasteiger partial charge in [0.15, 0.2) is 5.82 Å². The largest absolute Gasteiger partial charge is 0.450 e. The van der Waals surface area contributed by atoms with E-state index in [0.29, 0.717) is 38.4 Å². The topological polar surface area (TPSA) is 89.4 Å². The number of hydrogen-bond donors (Lipinski definition) is 1. The Kier molecular flexibility index (Phi) is 6.08. The Morgan fingerprint density at radius 1 is 1.17 bits per heavy atom. The molecular weight excluding hydrogens is 402 g/mol. The Morgan fingerprint density at radius 2 is 1.93 bits per heavy atom. The van der Waals surface area contributed by atoms with Crippen molar-refractivity contribution in [3.8, 4) is 16.4 Å². The summed E-state index contributed by atoms with van der Waals surface area (Å²) in [7, 11) is 0. The number of nitrogens with zero attached hydrogens (tertiary/aromatic N) is 4. The van der Waals surface area contributed by atoms with E-state index in [1.165, 1.54) is 0 Å². The lowest BCUT2D eigenvalue weighted by molar-refractivity contribution is 0.0853. The van der Waals surface area contributed by atoms with Crippen LogP contribution in [0.2, 0.25) is 0 Å². The zero-order chi connectivity index (χ0) is 20.9. The Labute approximate surface area is 178 Å². The summed E-state index contributed by atoms with van der Waals surface area (Å²) in [4.78, 5) is 31.8. The van der Waals surface area contributed by atoms with Gasteiger partial charge < -0.3 is 15.0 Å². The average Bonchev–Trinajstić information content (AvgIpc) is 3.45. The molecule has 2 aromatic heterocycles. The molecule has 0 atom stereocenters. The van der Waals surface area contributed by atoms with E-state index >= 15 is 0 Å². The fourth-order valence-corrected chi connectivity index (χ4v) is 4.09. The predicted molar refractivity (Wildman–Crippen MR) is 114 cm³/mol. The number of amides is 2. The molecule has 156 valence electrons. The van der Waals surface area contributed by atoms with Crippen LogP contribution < -0.4 is 5.32 Å². The van der Waals surface area contributed by atoms with E-state index in [-0.39, 0.29) is 23.9 Å². The van der Waals surface area contributed by atoms with Crippen molar-refractivity contribution >= 4 is 23.3 Å². The van der Waals surface area contributed by atoms with E-state index in [1.54, 1.807) is 27.8 Å². The summed E-state index contributed by atoms with van der Waals surface area (Å²) in [5.74, 6) is 0.464. The SMILES string of the molecule is CCOC(=O)N1CCC(NC(=O)c2nc(-c3cccs3)n(-c3ccccc3)n2)CC1. The minimum Gasteiger partial charge on any atom is -0.450 e. The summed E-state index contributed by atoms with van der Waals surface area (Å²) >= 11 is 1.55. The van der Waals surface area contributed by atoms with Crippen LogP contribution in [-0.2, 0) is 4.74 Å². The number of ether oxygens (including phenoxy) is 1. The monoisotopic (exact) mass is 425 g/mol. The van der Waals surface area contributed by atoms with E-state index < -0.39 is 0 Å². The molecule has 1 saturated heterocycles. The number of carbonyl (C=O) groups excluding carboxylic acids is 2. The number of thiophene rings is 1. The van der Waals surface area contributed by atoms with Gasteiger partial charge in [0.25, 0.3) is 5.91 Å². The molecule has 0 bridgehead atoms. The summed E-state index contributed by atoms with van der Waals surface area (Å²) in [6.45, 7) is 3.25. The lowest BCUT2D eigenvalue weighted by Gasteiger charge is -2.31. The van der Waals surface area contributed by atoms with Gasteiger partial charge in [0.1, 0.15) is 0 Å². The zero-order valence-corrected chi connectivity index (χ0v) is 17.5. The number of para-hydroxylation sites is 1. The normalized spacial score (nSPS) is 14.5. The number of hydrogen-bond acceptors (Lipinski definition) is 6. The highest BCUT2D eigenvalue weighted by molar-refractivity contribution is 7.13. The molecule has 1 fully saturated rings. The first-order valence-corrected chi connectivity index (χ1v) is 10.8. The molecule has 3 heterocycles. The maximum Gasteiger partial charge on any atom is 0.409 e. The van der Waals surface area contributed by atoms with Crippen LogP contribution in [0.3, 0.4) is 0 Å². The third kappa shape index (κ3) is 4.35. The fraction of sp³-hybridized carbons (Fsp3) is 0.333. The third-order valence-corrected chi connectivity index (χ3v) is 5.77. The summed E-state index contributed by atoms with van der Waals surface area (Å²) in [6.07, 6.45) is 1.04. The van der Waals surface area contributed by atoms with Gasteiger partial charge in [-0.2, -0.15) is 0 Å². The number of rotatable bonds is 5. The van der Waals surface area contributed by atoms with Crippen LogP contribution >= 0.6 is 11.3 Å². The first kappa shape index (κ1) is 20.1. The lowest BCUT2D eigenvalue weighted by atomic mass is 10.1. The summed E-state index contributed by atoms with van der Waals surface area (Å²) < 4.78 is 6.74. The van der Waals surface area contributed by atoms with E-state index in [2.05, 4.69) is 15.4 Å². The lowest BCUT2D eigenvalue weighted by Crippen LogP contribution is -2.46. The van der Waals surface area contributed by atoms with Gasteiger partial charge in [0, 0.05) is 19.1 Å².